The van der Waals surface area contributed by atoms with Gasteiger partial charge >= 0.3 is 0 Å². The fourth-order valence-corrected chi connectivity index (χ4v) is 5.13. The van der Waals surface area contributed by atoms with Crippen molar-refractivity contribution in [2.24, 2.45) is 11.8 Å². The zero-order chi connectivity index (χ0) is 20.9. The monoisotopic (exact) mass is 405 g/mol. The van der Waals surface area contributed by atoms with Gasteiger partial charge in [0, 0.05) is 44.0 Å². The molecule has 0 bridgehead atoms. The highest BCUT2D eigenvalue weighted by atomic mass is 16.1. The Balaban J connectivity index is 1.22. The predicted octanol–water partition coefficient (Wildman–Crippen LogP) is 4.35. The number of rotatable bonds is 7. The zero-order valence-electron chi connectivity index (χ0n) is 18.4. The number of hydrogen-bond acceptors (Lipinski definition) is 3. The number of hydrogen-bond donors (Lipinski definition) is 1. The SMILES string of the molecule is C[C@H]1C[C@H](C)CN(CCCNC(=O)c2ccc(CN3CCc4ccccc43)cc2)C1. The Kier molecular flexibility index (Phi) is 6.73. The van der Waals surface area contributed by atoms with Crippen molar-refractivity contribution < 1.29 is 4.79 Å². The Bertz CT molecular complexity index is 838. The van der Waals surface area contributed by atoms with Gasteiger partial charge in [-0.15, -0.1) is 0 Å². The van der Waals surface area contributed by atoms with Gasteiger partial charge in [-0.2, -0.15) is 0 Å². The summed E-state index contributed by atoms with van der Waals surface area (Å²) in [5.41, 5.74) is 4.77. The van der Waals surface area contributed by atoms with Gasteiger partial charge in [0.05, 0.1) is 0 Å². The van der Waals surface area contributed by atoms with E-state index >= 15 is 0 Å². The number of amides is 1. The molecule has 0 spiro atoms. The second-order valence-electron chi connectivity index (χ2n) is 9.31. The lowest BCUT2D eigenvalue weighted by Crippen LogP contribution is -2.40. The van der Waals surface area contributed by atoms with E-state index in [0.29, 0.717) is 0 Å². The van der Waals surface area contributed by atoms with Crippen molar-refractivity contribution in [3.63, 3.8) is 0 Å². The van der Waals surface area contributed by atoms with Crippen molar-refractivity contribution >= 4 is 11.6 Å². The molecule has 160 valence electrons. The minimum absolute atomic E-state index is 0.0356. The van der Waals surface area contributed by atoms with E-state index in [1.165, 1.54) is 36.3 Å². The first-order valence-electron chi connectivity index (χ1n) is 11.5. The van der Waals surface area contributed by atoms with E-state index in [1.54, 1.807) is 0 Å². The highest BCUT2D eigenvalue weighted by Crippen LogP contribution is 2.28. The number of anilines is 1. The molecule has 1 fully saturated rings. The third kappa shape index (κ3) is 5.23. The molecule has 4 heteroatoms. The van der Waals surface area contributed by atoms with Crippen LogP contribution in [-0.2, 0) is 13.0 Å². The number of likely N-dealkylation sites (tertiary alicyclic amines) is 1. The molecule has 2 heterocycles. The van der Waals surface area contributed by atoms with Gasteiger partial charge in [0.1, 0.15) is 0 Å². The summed E-state index contributed by atoms with van der Waals surface area (Å²) in [6, 6.07) is 16.7. The molecule has 30 heavy (non-hydrogen) atoms. The molecule has 2 aliphatic heterocycles. The second kappa shape index (κ2) is 9.65. The van der Waals surface area contributed by atoms with E-state index in [-0.39, 0.29) is 5.91 Å². The fraction of sp³-hybridized carbons (Fsp3) is 0.500. The number of fused-ring (bicyclic) bond motifs is 1. The van der Waals surface area contributed by atoms with Gasteiger partial charge in [0.2, 0.25) is 0 Å². The number of piperidine rings is 1. The summed E-state index contributed by atoms with van der Waals surface area (Å²) in [6.07, 6.45) is 3.47. The van der Waals surface area contributed by atoms with Crippen molar-refractivity contribution in [1.29, 1.82) is 0 Å². The van der Waals surface area contributed by atoms with Crippen LogP contribution in [0.3, 0.4) is 0 Å². The molecule has 1 saturated heterocycles. The molecule has 0 unspecified atom stereocenters. The lowest BCUT2D eigenvalue weighted by molar-refractivity contribution is 0.0947. The van der Waals surface area contributed by atoms with Crippen molar-refractivity contribution in [3.05, 3.63) is 65.2 Å². The first kappa shape index (κ1) is 20.9. The van der Waals surface area contributed by atoms with Crippen LogP contribution in [0.1, 0.15) is 48.2 Å². The molecule has 4 nitrogen and oxygen atoms in total. The summed E-state index contributed by atoms with van der Waals surface area (Å²) in [6.45, 7) is 10.9. The quantitative estimate of drug-likeness (QED) is 0.696. The van der Waals surface area contributed by atoms with E-state index in [4.69, 9.17) is 0 Å². The standard InChI is InChI=1S/C26H35N3O/c1-20-16-21(2)18-28(17-20)14-5-13-27-26(30)24-10-8-22(9-11-24)19-29-15-12-23-6-3-4-7-25(23)29/h3-4,6-11,20-21H,5,12-19H2,1-2H3,(H,27,30)/t20-,21-/m0/s1. The Morgan fingerprint density at radius 1 is 1.03 bits per heavy atom. The summed E-state index contributed by atoms with van der Waals surface area (Å²) in [7, 11) is 0. The molecular weight excluding hydrogens is 370 g/mol. The van der Waals surface area contributed by atoms with Gasteiger partial charge in [-0.25, -0.2) is 0 Å². The largest absolute Gasteiger partial charge is 0.367 e. The Morgan fingerprint density at radius 2 is 1.77 bits per heavy atom. The van der Waals surface area contributed by atoms with E-state index in [9.17, 15) is 4.79 Å². The summed E-state index contributed by atoms with van der Waals surface area (Å²) in [4.78, 5) is 17.5. The number of nitrogens with one attached hydrogen (secondary N) is 1. The van der Waals surface area contributed by atoms with Crippen LogP contribution in [0.25, 0.3) is 0 Å². The number of nitrogens with zero attached hydrogens (tertiary/aromatic N) is 2. The van der Waals surface area contributed by atoms with Gasteiger partial charge in [0.25, 0.3) is 5.91 Å². The average Bonchev–Trinajstić information content (AvgIpc) is 3.14. The molecule has 2 aromatic carbocycles. The first-order valence-corrected chi connectivity index (χ1v) is 11.5. The molecule has 1 amide bonds. The van der Waals surface area contributed by atoms with Gasteiger partial charge in [0.15, 0.2) is 0 Å². The highest BCUT2D eigenvalue weighted by Gasteiger charge is 2.21. The van der Waals surface area contributed by atoms with Crippen LogP contribution >= 0.6 is 0 Å². The van der Waals surface area contributed by atoms with Crippen molar-refractivity contribution in [3.8, 4) is 0 Å². The number of para-hydroxylation sites is 1. The molecule has 0 radical (unpaired) electrons. The molecule has 2 atom stereocenters. The first-order chi connectivity index (χ1) is 14.6. The molecule has 2 aromatic rings. The maximum absolute atomic E-state index is 12.5. The van der Waals surface area contributed by atoms with Crippen LogP contribution in [0.15, 0.2) is 48.5 Å². The Hall–Kier alpha value is -2.33. The van der Waals surface area contributed by atoms with Gasteiger partial charge in [-0.1, -0.05) is 44.2 Å². The average molecular weight is 406 g/mol. The van der Waals surface area contributed by atoms with E-state index in [1.807, 2.05) is 12.1 Å². The summed E-state index contributed by atoms with van der Waals surface area (Å²) >= 11 is 0. The lowest BCUT2D eigenvalue weighted by atomic mass is 9.92. The van der Waals surface area contributed by atoms with E-state index in [0.717, 1.165) is 56.4 Å². The second-order valence-corrected chi connectivity index (χ2v) is 9.31. The number of carbonyl (C=O) groups is 1. The smallest absolute Gasteiger partial charge is 0.251 e. The van der Waals surface area contributed by atoms with Gasteiger partial charge in [-0.05, 0) is 67.0 Å². The van der Waals surface area contributed by atoms with Crippen LogP contribution in [0, 0.1) is 11.8 Å². The fourth-order valence-electron chi connectivity index (χ4n) is 5.13. The lowest BCUT2D eigenvalue weighted by Gasteiger charge is -2.34. The van der Waals surface area contributed by atoms with E-state index < -0.39 is 0 Å². The Labute approximate surface area is 181 Å². The number of carbonyl (C=O) groups excluding carboxylic acids is 1. The van der Waals surface area contributed by atoms with Gasteiger partial charge < -0.3 is 15.1 Å². The summed E-state index contributed by atoms with van der Waals surface area (Å²) in [5, 5.41) is 3.09. The normalized spacial score (nSPS) is 21.5. The molecule has 2 aliphatic rings. The maximum atomic E-state index is 12.5. The van der Waals surface area contributed by atoms with Crippen LogP contribution < -0.4 is 10.2 Å². The van der Waals surface area contributed by atoms with Crippen molar-refractivity contribution in [2.45, 2.75) is 39.7 Å². The van der Waals surface area contributed by atoms with Crippen LogP contribution in [-0.4, -0.2) is 43.5 Å². The Morgan fingerprint density at radius 3 is 2.53 bits per heavy atom. The molecule has 1 N–H and O–H groups in total. The minimum atomic E-state index is 0.0356. The van der Waals surface area contributed by atoms with Crippen molar-refractivity contribution in [1.82, 2.24) is 10.2 Å². The summed E-state index contributed by atoms with van der Waals surface area (Å²) < 4.78 is 0. The van der Waals surface area contributed by atoms with Crippen molar-refractivity contribution in [2.75, 3.05) is 37.6 Å². The topological polar surface area (TPSA) is 35.6 Å². The maximum Gasteiger partial charge on any atom is 0.251 e. The predicted molar refractivity (Wildman–Crippen MR) is 124 cm³/mol. The molecule has 4 rings (SSSR count). The third-order valence-corrected chi connectivity index (χ3v) is 6.45. The summed E-state index contributed by atoms with van der Waals surface area (Å²) in [5.74, 6) is 1.61. The highest BCUT2D eigenvalue weighted by molar-refractivity contribution is 5.94. The van der Waals surface area contributed by atoms with Crippen LogP contribution in [0.4, 0.5) is 5.69 Å². The molecule has 0 saturated carbocycles. The van der Waals surface area contributed by atoms with Crippen LogP contribution in [0.2, 0.25) is 0 Å². The third-order valence-electron chi connectivity index (χ3n) is 6.45. The zero-order valence-corrected chi connectivity index (χ0v) is 18.4. The molecule has 0 aliphatic carbocycles. The molecule has 0 aromatic heterocycles. The van der Waals surface area contributed by atoms with E-state index in [2.05, 4.69) is 65.4 Å². The molecular formula is C26H35N3O. The van der Waals surface area contributed by atoms with Gasteiger partial charge in [-0.3, -0.25) is 4.79 Å². The van der Waals surface area contributed by atoms with Crippen LogP contribution in [0.5, 0.6) is 0 Å². The minimum Gasteiger partial charge on any atom is -0.367 e. The number of benzene rings is 2.